The van der Waals surface area contributed by atoms with E-state index in [1.165, 1.54) is 6.33 Å². The smallest absolute Gasteiger partial charge is 0.277 e. The van der Waals surface area contributed by atoms with E-state index in [1.54, 1.807) is 6.07 Å². The molecule has 0 aliphatic carbocycles. The van der Waals surface area contributed by atoms with Gasteiger partial charge in [-0.25, -0.2) is 4.98 Å². The van der Waals surface area contributed by atoms with Gasteiger partial charge in [0.15, 0.2) is 11.4 Å². The third-order valence-electron chi connectivity index (χ3n) is 2.32. The molecule has 94 valence electrons. The van der Waals surface area contributed by atoms with Crippen molar-refractivity contribution < 1.29 is 4.74 Å². The van der Waals surface area contributed by atoms with Gasteiger partial charge in [0.25, 0.3) is 5.56 Å². The van der Waals surface area contributed by atoms with Crippen LogP contribution >= 0.6 is 15.9 Å². The number of H-pyrrole nitrogens is 1. The van der Waals surface area contributed by atoms with E-state index >= 15 is 0 Å². The average Bonchev–Trinajstić information content (AvgIpc) is 2.28. The predicted molar refractivity (Wildman–Crippen MR) is 72.6 cm³/mol. The van der Waals surface area contributed by atoms with Crippen molar-refractivity contribution in [1.82, 2.24) is 9.97 Å². The minimum Gasteiger partial charge on any atom is -0.434 e. The van der Waals surface area contributed by atoms with Crippen LogP contribution in [0.2, 0.25) is 0 Å². The summed E-state index contributed by atoms with van der Waals surface area (Å²) in [5.41, 5.74) is 12.1. The van der Waals surface area contributed by atoms with Crippen LogP contribution < -0.4 is 21.8 Å². The fourth-order valence-corrected chi connectivity index (χ4v) is 2.06. The standard InChI is InChI=1S/C11H11BrN4O2/c1-5-2-6(12)3-7(13)9(5)18-11-8(14)10(17)15-4-16-11/h2-4H,13-14H2,1H3,(H,15,16,17). The first kappa shape index (κ1) is 12.4. The molecule has 0 saturated heterocycles. The van der Waals surface area contributed by atoms with Gasteiger partial charge in [0.1, 0.15) is 0 Å². The zero-order chi connectivity index (χ0) is 13.3. The number of aromatic amines is 1. The molecule has 0 unspecified atom stereocenters. The van der Waals surface area contributed by atoms with E-state index in [0.29, 0.717) is 11.4 Å². The van der Waals surface area contributed by atoms with Crippen molar-refractivity contribution in [2.24, 2.45) is 0 Å². The second-order valence-corrected chi connectivity index (χ2v) is 4.61. The average molecular weight is 311 g/mol. The molecule has 1 heterocycles. The van der Waals surface area contributed by atoms with Crippen molar-refractivity contribution in [3.05, 3.63) is 38.9 Å². The number of benzene rings is 1. The zero-order valence-corrected chi connectivity index (χ0v) is 11.1. The Kier molecular flexibility index (Phi) is 3.24. The third kappa shape index (κ3) is 2.30. The lowest BCUT2D eigenvalue weighted by atomic mass is 10.2. The summed E-state index contributed by atoms with van der Waals surface area (Å²) in [6, 6.07) is 3.54. The molecule has 2 aromatic rings. The van der Waals surface area contributed by atoms with Crippen LogP contribution in [0, 0.1) is 6.92 Å². The van der Waals surface area contributed by atoms with Gasteiger partial charge in [0.05, 0.1) is 12.0 Å². The van der Waals surface area contributed by atoms with E-state index in [-0.39, 0.29) is 11.6 Å². The van der Waals surface area contributed by atoms with Crippen molar-refractivity contribution in [1.29, 1.82) is 0 Å². The van der Waals surface area contributed by atoms with Gasteiger partial charge < -0.3 is 21.2 Å². The summed E-state index contributed by atoms with van der Waals surface area (Å²) >= 11 is 3.33. The number of rotatable bonds is 2. The Morgan fingerprint density at radius 3 is 2.78 bits per heavy atom. The third-order valence-corrected chi connectivity index (χ3v) is 2.78. The topological polar surface area (TPSA) is 107 Å². The summed E-state index contributed by atoms with van der Waals surface area (Å²) in [6.07, 6.45) is 1.22. The molecule has 7 heteroatoms. The number of nitrogens with two attached hydrogens (primary N) is 2. The van der Waals surface area contributed by atoms with E-state index in [1.807, 2.05) is 13.0 Å². The van der Waals surface area contributed by atoms with Gasteiger partial charge in [-0.2, -0.15) is 0 Å². The number of nitrogens with one attached hydrogen (secondary N) is 1. The number of anilines is 2. The SMILES string of the molecule is Cc1cc(Br)cc(N)c1Oc1nc[nH]c(=O)c1N. The molecule has 0 radical (unpaired) electrons. The van der Waals surface area contributed by atoms with Gasteiger partial charge in [0, 0.05) is 4.47 Å². The molecule has 0 amide bonds. The normalized spacial score (nSPS) is 10.3. The van der Waals surface area contributed by atoms with Gasteiger partial charge in [-0.15, -0.1) is 0 Å². The molecule has 18 heavy (non-hydrogen) atoms. The number of ether oxygens (including phenoxy) is 1. The molecule has 1 aromatic carbocycles. The van der Waals surface area contributed by atoms with Crippen LogP contribution in [0.25, 0.3) is 0 Å². The van der Waals surface area contributed by atoms with Crippen molar-refractivity contribution in [3.8, 4) is 11.6 Å². The molecular formula is C11H11BrN4O2. The lowest BCUT2D eigenvalue weighted by Gasteiger charge is -2.11. The zero-order valence-electron chi connectivity index (χ0n) is 9.53. The predicted octanol–water partition coefficient (Wildman–Crippen LogP) is 1.80. The molecular weight excluding hydrogens is 300 g/mol. The first-order valence-electron chi connectivity index (χ1n) is 5.05. The van der Waals surface area contributed by atoms with Crippen molar-refractivity contribution in [2.45, 2.75) is 6.92 Å². The van der Waals surface area contributed by atoms with E-state index < -0.39 is 5.56 Å². The van der Waals surface area contributed by atoms with Gasteiger partial charge in [0.2, 0.25) is 5.88 Å². The minimum atomic E-state index is -0.451. The number of nitrogens with zero attached hydrogens (tertiary/aromatic N) is 1. The molecule has 0 saturated carbocycles. The molecule has 0 spiro atoms. The summed E-state index contributed by atoms with van der Waals surface area (Å²) in [7, 11) is 0. The summed E-state index contributed by atoms with van der Waals surface area (Å²) in [5, 5.41) is 0. The van der Waals surface area contributed by atoms with Gasteiger partial charge in [-0.05, 0) is 24.6 Å². The highest BCUT2D eigenvalue weighted by Gasteiger charge is 2.12. The maximum absolute atomic E-state index is 11.3. The van der Waals surface area contributed by atoms with Crippen LogP contribution in [-0.4, -0.2) is 9.97 Å². The fraction of sp³-hybridized carbons (Fsp3) is 0.0909. The summed E-state index contributed by atoms with van der Waals surface area (Å²) in [6.45, 7) is 1.83. The monoisotopic (exact) mass is 310 g/mol. The number of nitrogen functional groups attached to an aromatic ring is 2. The Morgan fingerprint density at radius 1 is 1.39 bits per heavy atom. The highest BCUT2D eigenvalue weighted by Crippen LogP contribution is 2.33. The summed E-state index contributed by atoms with van der Waals surface area (Å²) < 4.78 is 6.35. The Bertz CT molecular complexity index is 631. The van der Waals surface area contributed by atoms with Crippen LogP contribution in [0.3, 0.4) is 0 Å². The Morgan fingerprint density at radius 2 is 2.11 bits per heavy atom. The molecule has 2 rings (SSSR count). The molecule has 6 nitrogen and oxygen atoms in total. The van der Waals surface area contributed by atoms with Gasteiger partial charge in [-0.1, -0.05) is 15.9 Å². The second-order valence-electron chi connectivity index (χ2n) is 3.69. The van der Waals surface area contributed by atoms with E-state index in [4.69, 9.17) is 16.2 Å². The number of aromatic nitrogens is 2. The molecule has 1 aromatic heterocycles. The fourth-order valence-electron chi connectivity index (χ4n) is 1.47. The summed E-state index contributed by atoms with van der Waals surface area (Å²) in [4.78, 5) is 17.5. The largest absolute Gasteiger partial charge is 0.434 e. The van der Waals surface area contributed by atoms with Crippen molar-refractivity contribution in [2.75, 3.05) is 11.5 Å². The maximum atomic E-state index is 11.3. The van der Waals surface area contributed by atoms with E-state index in [9.17, 15) is 4.79 Å². The summed E-state index contributed by atoms with van der Waals surface area (Å²) in [5.74, 6) is 0.471. The van der Waals surface area contributed by atoms with Crippen molar-refractivity contribution in [3.63, 3.8) is 0 Å². The first-order chi connectivity index (χ1) is 8.49. The van der Waals surface area contributed by atoms with Gasteiger partial charge in [-0.3, -0.25) is 4.79 Å². The number of halogens is 1. The molecule has 0 aliphatic heterocycles. The second kappa shape index (κ2) is 4.69. The quantitative estimate of drug-likeness (QED) is 0.733. The van der Waals surface area contributed by atoms with Crippen LogP contribution in [-0.2, 0) is 0 Å². The number of hydrogen-bond donors (Lipinski definition) is 3. The molecule has 0 atom stereocenters. The van der Waals surface area contributed by atoms with Gasteiger partial charge >= 0.3 is 0 Å². The highest BCUT2D eigenvalue weighted by molar-refractivity contribution is 9.10. The van der Waals surface area contributed by atoms with Crippen LogP contribution in [0.1, 0.15) is 5.56 Å². The Hall–Kier alpha value is -2.02. The van der Waals surface area contributed by atoms with Crippen LogP contribution in [0.4, 0.5) is 11.4 Å². The Balaban J connectivity index is 2.47. The number of aryl methyl sites for hydroxylation is 1. The van der Waals surface area contributed by atoms with Crippen LogP contribution in [0.5, 0.6) is 11.6 Å². The molecule has 0 aliphatic rings. The maximum Gasteiger partial charge on any atom is 0.277 e. The lowest BCUT2D eigenvalue weighted by molar-refractivity contribution is 0.462. The molecule has 0 fully saturated rings. The van der Waals surface area contributed by atoms with Crippen LogP contribution in [0.15, 0.2) is 27.7 Å². The lowest BCUT2D eigenvalue weighted by Crippen LogP contribution is -2.13. The number of hydrogen-bond acceptors (Lipinski definition) is 5. The van der Waals surface area contributed by atoms with Crippen molar-refractivity contribution >= 4 is 27.3 Å². The highest BCUT2D eigenvalue weighted by atomic mass is 79.9. The molecule has 0 bridgehead atoms. The van der Waals surface area contributed by atoms with E-state index in [2.05, 4.69) is 25.9 Å². The first-order valence-corrected chi connectivity index (χ1v) is 5.85. The minimum absolute atomic E-state index is 0.0378. The molecule has 5 N–H and O–H groups in total. The Labute approximate surface area is 111 Å². The van der Waals surface area contributed by atoms with E-state index in [0.717, 1.165) is 10.0 Å².